The van der Waals surface area contributed by atoms with E-state index in [1.165, 1.54) is 0 Å². The lowest BCUT2D eigenvalue weighted by atomic mass is 10.1. The Kier molecular flexibility index (Phi) is 5.32. The predicted molar refractivity (Wildman–Crippen MR) is 89.5 cm³/mol. The highest BCUT2D eigenvalue weighted by Gasteiger charge is 2.11. The van der Waals surface area contributed by atoms with Crippen LogP contribution in [0.25, 0.3) is 0 Å². The van der Waals surface area contributed by atoms with Crippen LogP contribution < -0.4 is 10.9 Å². The Labute approximate surface area is 134 Å². The summed E-state index contributed by atoms with van der Waals surface area (Å²) in [6.45, 7) is 4.76. The molecule has 3 nitrogen and oxygen atoms in total. The number of aryl methyl sites for hydroxylation is 1. The van der Waals surface area contributed by atoms with Gasteiger partial charge in [0.1, 0.15) is 0 Å². The zero-order valence-corrected chi connectivity index (χ0v) is 13.6. The van der Waals surface area contributed by atoms with Gasteiger partial charge in [-0.2, -0.15) is 0 Å². The molecule has 112 valence electrons. The second-order valence-electron chi connectivity index (χ2n) is 4.98. The number of aromatic nitrogens is 1. The van der Waals surface area contributed by atoms with Crippen molar-refractivity contribution in [2.75, 3.05) is 5.32 Å². The van der Waals surface area contributed by atoms with E-state index in [0.717, 1.165) is 17.7 Å². The van der Waals surface area contributed by atoms with Crippen molar-refractivity contribution in [1.29, 1.82) is 0 Å². The largest absolute Gasteiger partial charge is 0.377 e. The average molecular weight is 325 g/mol. The van der Waals surface area contributed by atoms with E-state index < -0.39 is 0 Å². The first-order valence-electron chi connectivity index (χ1n) is 6.93. The number of rotatable bonds is 5. The molecule has 0 aliphatic heterocycles. The van der Waals surface area contributed by atoms with Crippen LogP contribution in [-0.4, -0.2) is 4.57 Å². The number of halogens is 2. The normalized spacial score (nSPS) is 12.2. The number of pyridine rings is 1. The van der Waals surface area contributed by atoms with Crippen molar-refractivity contribution < 1.29 is 0 Å². The molecule has 21 heavy (non-hydrogen) atoms. The lowest BCUT2D eigenvalue weighted by Gasteiger charge is -2.18. The van der Waals surface area contributed by atoms with Gasteiger partial charge in [-0.05, 0) is 43.2 Å². The maximum atomic E-state index is 11.7. The van der Waals surface area contributed by atoms with Crippen molar-refractivity contribution in [2.24, 2.45) is 0 Å². The van der Waals surface area contributed by atoms with Gasteiger partial charge < -0.3 is 9.88 Å². The lowest BCUT2D eigenvalue weighted by molar-refractivity contribution is 0.654. The summed E-state index contributed by atoms with van der Waals surface area (Å²) in [6, 6.07) is 8.75. The van der Waals surface area contributed by atoms with E-state index in [2.05, 4.69) is 5.32 Å². The maximum Gasteiger partial charge on any atom is 0.250 e. The summed E-state index contributed by atoms with van der Waals surface area (Å²) in [4.78, 5) is 11.7. The highest BCUT2D eigenvalue weighted by atomic mass is 35.5. The van der Waals surface area contributed by atoms with Crippen LogP contribution in [-0.2, 0) is 6.54 Å². The van der Waals surface area contributed by atoms with Crippen molar-refractivity contribution in [2.45, 2.75) is 32.9 Å². The van der Waals surface area contributed by atoms with Gasteiger partial charge in [0.15, 0.2) is 0 Å². The second kappa shape index (κ2) is 7.01. The molecule has 0 spiro atoms. The first-order chi connectivity index (χ1) is 10.0. The van der Waals surface area contributed by atoms with E-state index in [9.17, 15) is 4.79 Å². The van der Waals surface area contributed by atoms with E-state index in [-0.39, 0.29) is 11.6 Å². The smallest absolute Gasteiger partial charge is 0.250 e. The lowest BCUT2D eigenvalue weighted by Crippen LogP contribution is -2.19. The van der Waals surface area contributed by atoms with Gasteiger partial charge >= 0.3 is 0 Å². The summed E-state index contributed by atoms with van der Waals surface area (Å²) >= 11 is 12.2. The first-order valence-corrected chi connectivity index (χ1v) is 7.69. The molecule has 0 aliphatic rings. The Bertz CT molecular complexity index is 682. The molecule has 5 heteroatoms. The summed E-state index contributed by atoms with van der Waals surface area (Å²) in [7, 11) is 0. The van der Waals surface area contributed by atoms with Gasteiger partial charge in [0.25, 0.3) is 5.56 Å². The third-order valence-corrected chi connectivity index (χ3v) is 3.84. The van der Waals surface area contributed by atoms with Crippen LogP contribution in [0.3, 0.4) is 0 Å². The average Bonchev–Trinajstić information content (AvgIpc) is 2.45. The van der Waals surface area contributed by atoms with Crippen LogP contribution in [0, 0.1) is 0 Å². The zero-order chi connectivity index (χ0) is 15.4. The number of benzene rings is 1. The molecule has 0 aliphatic carbocycles. The number of nitrogens with one attached hydrogen (secondary N) is 1. The van der Waals surface area contributed by atoms with Crippen LogP contribution in [0.1, 0.15) is 31.9 Å². The molecule has 1 N–H and O–H groups in total. The van der Waals surface area contributed by atoms with E-state index in [1.807, 2.05) is 26.1 Å². The SMILES string of the molecule is CCCn1cc(NC(C)c2cc(Cl)ccc2Cl)ccc1=O. The standard InChI is InChI=1S/C16H18Cl2N2O/c1-3-8-20-10-13(5-7-16(20)21)19-11(2)14-9-12(17)4-6-15(14)18/h4-7,9-11,19H,3,8H2,1-2H3. The summed E-state index contributed by atoms with van der Waals surface area (Å²) in [6.07, 6.45) is 2.75. The van der Waals surface area contributed by atoms with Crippen LogP contribution in [0.5, 0.6) is 0 Å². The monoisotopic (exact) mass is 324 g/mol. The van der Waals surface area contributed by atoms with E-state index in [0.29, 0.717) is 16.6 Å². The Hall–Kier alpha value is -1.45. The van der Waals surface area contributed by atoms with Crippen LogP contribution in [0.2, 0.25) is 10.0 Å². The molecule has 0 bridgehead atoms. The topological polar surface area (TPSA) is 34.0 Å². The third kappa shape index (κ3) is 4.02. The van der Waals surface area contributed by atoms with E-state index >= 15 is 0 Å². The van der Waals surface area contributed by atoms with Crippen molar-refractivity contribution in [3.63, 3.8) is 0 Å². The van der Waals surface area contributed by atoms with E-state index in [4.69, 9.17) is 23.2 Å². The first kappa shape index (κ1) is 15.9. The molecule has 2 aromatic rings. The van der Waals surface area contributed by atoms with E-state index in [1.54, 1.807) is 28.8 Å². The van der Waals surface area contributed by atoms with Gasteiger partial charge in [-0.15, -0.1) is 0 Å². The van der Waals surface area contributed by atoms with Crippen molar-refractivity contribution in [3.05, 3.63) is 62.5 Å². The van der Waals surface area contributed by atoms with Gasteiger partial charge in [0, 0.05) is 28.9 Å². The minimum Gasteiger partial charge on any atom is -0.377 e. The molecule has 1 aromatic carbocycles. The molecule has 0 saturated heterocycles. The molecular formula is C16H18Cl2N2O. The highest BCUT2D eigenvalue weighted by molar-refractivity contribution is 6.33. The van der Waals surface area contributed by atoms with Crippen molar-refractivity contribution >= 4 is 28.9 Å². The van der Waals surface area contributed by atoms with Crippen LogP contribution in [0.15, 0.2) is 41.3 Å². The fourth-order valence-electron chi connectivity index (χ4n) is 2.21. The molecule has 0 amide bonds. The van der Waals surface area contributed by atoms with Gasteiger partial charge in [0.2, 0.25) is 0 Å². The van der Waals surface area contributed by atoms with Crippen molar-refractivity contribution in [1.82, 2.24) is 4.57 Å². The summed E-state index contributed by atoms with van der Waals surface area (Å²) in [5, 5.41) is 4.67. The summed E-state index contributed by atoms with van der Waals surface area (Å²) < 4.78 is 1.70. The molecule has 0 radical (unpaired) electrons. The van der Waals surface area contributed by atoms with Crippen LogP contribution >= 0.6 is 23.2 Å². The Balaban J connectivity index is 2.23. The Morgan fingerprint density at radius 3 is 2.71 bits per heavy atom. The molecular weight excluding hydrogens is 307 g/mol. The highest BCUT2D eigenvalue weighted by Crippen LogP contribution is 2.28. The fraction of sp³-hybridized carbons (Fsp3) is 0.312. The molecule has 2 rings (SSSR count). The molecule has 0 saturated carbocycles. The molecule has 0 fully saturated rings. The van der Waals surface area contributed by atoms with Gasteiger partial charge in [0.05, 0.1) is 11.7 Å². The molecule has 1 unspecified atom stereocenters. The second-order valence-corrected chi connectivity index (χ2v) is 5.82. The van der Waals surface area contributed by atoms with Crippen LogP contribution in [0.4, 0.5) is 5.69 Å². The number of hydrogen-bond acceptors (Lipinski definition) is 2. The third-order valence-electron chi connectivity index (χ3n) is 3.26. The molecule has 1 heterocycles. The zero-order valence-electron chi connectivity index (χ0n) is 12.1. The quantitative estimate of drug-likeness (QED) is 0.862. The van der Waals surface area contributed by atoms with Crippen molar-refractivity contribution in [3.8, 4) is 0 Å². The summed E-state index contributed by atoms with van der Waals surface area (Å²) in [5.74, 6) is 0. The summed E-state index contributed by atoms with van der Waals surface area (Å²) in [5.41, 5.74) is 1.82. The van der Waals surface area contributed by atoms with Gasteiger partial charge in [-0.3, -0.25) is 4.79 Å². The Morgan fingerprint density at radius 1 is 1.24 bits per heavy atom. The van der Waals surface area contributed by atoms with Gasteiger partial charge in [-0.25, -0.2) is 0 Å². The Morgan fingerprint density at radius 2 is 2.00 bits per heavy atom. The number of anilines is 1. The molecule has 1 atom stereocenters. The fourth-order valence-corrected chi connectivity index (χ4v) is 2.67. The minimum atomic E-state index is -0.0104. The van der Waals surface area contributed by atoms with Gasteiger partial charge in [-0.1, -0.05) is 30.1 Å². The number of hydrogen-bond donors (Lipinski definition) is 1. The minimum absolute atomic E-state index is 0.0100. The molecule has 1 aromatic heterocycles. The maximum absolute atomic E-state index is 11.7. The predicted octanol–water partition coefficient (Wildman–Crippen LogP) is 4.74. The number of nitrogens with zero attached hydrogens (tertiary/aromatic N) is 1.